The Hall–Kier alpha value is -1.47. The quantitative estimate of drug-likeness (QED) is 0.361. The summed E-state index contributed by atoms with van der Waals surface area (Å²) in [6.45, 7) is 16.6. The molecule has 0 bridgehead atoms. The minimum absolute atomic E-state index is 0.335. The molecule has 0 amide bonds. The molecule has 6 heteroatoms. The van der Waals surface area contributed by atoms with Gasteiger partial charge in [0.1, 0.15) is 0 Å². The third-order valence-corrected chi connectivity index (χ3v) is 5.90. The van der Waals surface area contributed by atoms with E-state index < -0.39 is 8.80 Å². The average molecular weight is 368 g/mol. The van der Waals surface area contributed by atoms with Crippen LogP contribution in [0.4, 0.5) is 0 Å². The average Bonchev–Trinajstić information content (AvgIpc) is 2.61. The lowest BCUT2D eigenvalue weighted by Gasteiger charge is -2.28. The lowest BCUT2D eigenvalue weighted by atomic mass is 10.4. The Labute approximate surface area is 153 Å². The van der Waals surface area contributed by atoms with Gasteiger partial charge in [-0.3, -0.25) is 0 Å². The predicted octanol–water partition coefficient (Wildman–Crippen LogP) is 3.27. The molecule has 5 nitrogen and oxygen atoms in total. The van der Waals surface area contributed by atoms with Crippen molar-refractivity contribution in [3.05, 3.63) is 49.4 Å². The fraction of sp³-hybridized carbons (Fsp3) is 0.474. The van der Waals surface area contributed by atoms with Crippen LogP contribution in [-0.2, 0) is 22.8 Å². The van der Waals surface area contributed by atoms with Crippen LogP contribution >= 0.6 is 0 Å². The number of carbonyl (C=O) groups is 1. The van der Waals surface area contributed by atoms with Crippen LogP contribution in [0.1, 0.15) is 34.1 Å². The third kappa shape index (κ3) is 8.97. The van der Waals surface area contributed by atoms with Gasteiger partial charge in [0.05, 0.1) is 6.61 Å². The molecule has 0 spiro atoms. The normalized spacial score (nSPS) is 10.6. The van der Waals surface area contributed by atoms with E-state index in [-0.39, 0.29) is 5.97 Å². The predicted molar refractivity (Wildman–Crippen MR) is 102 cm³/mol. The molecular weight excluding hydrogens is 336 g/mol. The first-order valence-electron chi connectivity index (χ1n) is 8.56. The zero-order chi connectivity index (χ0) is 19.1. The van der Waals surface area contributed by atoms with Gasteiger partial charge in [-0.05, 0) is 41.0 Å². The number of carbonyl (C=O) groups excluding carboxylic acids is 1. The van der Waals surface area contributed by atoms with E-state index in [9.17, 15) is 4.79 Å². The molecule has 0 saturated carbocycles. The van der Waals surface area contributed by atoms with Crippen LogP contribution in [0.2, 0.25) is 0 Å². The van der Waals surface area contributed by atoms with Crippen LogP contribution in [0.3, 0.4) is 0 Å². The maximum atomic E-state index is 10.6. The maximum absolute atomic E-state index is 10.6. The zero-order valence-corrected chi connectivity index (χ0v) is 16.9. The maximum Gasteiger partial charge on any atom is 0.537 e. The molecule has 1 aromatic rings. The van der Waals surface area contributed by atoms with Gasteiger partial charge in [0.2, 0.25) is 0 Å². The van der Waals surface area contributed by atoms with Crippen molar-refractivity contribution in [3.8, 4) is 0 Å². The summed E-state index contributed by atoms with van der Waals surface area (Å²) in [4.78, 5) is 10.6. The highest BCUT2D eigenvalue weighted by molar-refractivity contribution is 6.75. The summed E-state index contributed by atoms with van der Waals surface area (Å²) in [5.74, 6) is -0.335. The minimum Gasteiger partial charge on any atom is -0.462 e. The molecule has 0 saturated heterocycles. The van der Waals surface area contributed by atoms with Gasteiger partial charge >= 0.3 is 14.8 Å². The second-order valence-corrected chi connectivity index (χ2v) is 7.55. The number of esters is 1. The lowest BCUT2D eigenvalue weighted by Crippen LogP contribution is -2.56. The zero-order valence-electron chi connectivity index (χ0n) is 15.9. The largest absolute Gasteiger partial charge is 0.537 e. The van der Waals surface area contributed by atoms with Crippen LogP contribution in [0.25, 0.3) is 0 Å². The Kier molecular flexibility index (Phi) is 13.0. The number of ether oxygens (including phenoxy) is 1. The topological polar surface area (TPSA) is 54.0 Å². The molecule has 0 atom stereocenters. The Morgan fingerprint density at radius 3 is 1.84 bits per heavy atom. The summed E-state index contributed by atoms with van der Waals surface area (Å²) in [5.41, 5.74) is 0.434. The van der Waals surface area contributed by atoms with Crippen LogP contribution in [0.15, 0.2) is 42.5 Å². The molecule has 25 heavy (non-hydrogen) atoms. The molecule has 0 aliphatic carbocycles. The first-order valence-corrected chi connectivity index (χ1v) is 10.3. The SMILES string of the molecule is CCO[Si](OCC)(OCC)c1ccccc1.[CH2]CCOC(=O)C(=C)C. The van der Waals surface area contributed by atoms with Gasteiger partial charge in [-0.25, -0.2) is 4.79 Å². The number of hydrogen-bond donors (Lipinski definition) is 0. The summed E-state index contributed by atoms with van der Waals surface area (Å²) in [7, 11) is -2.67. The number of benzene rings is 1. The highest BCUT2D eigenvalue weighted by atomic mass is 28.4. The highest BCUT2D eigenvalue weighted by Gasteiger charge is 2.42. The Morgan fingerprint density at radius 1 is 1.00 bits per heavy atom. The van der Waals surface area contributed by atoms with Gasteiger partial charge in [0, 0.05) is 30.6 Å². The number of hydrogen-bond acceptors (Lipinski definition) is 5. The van der Waals surface area contributed by atoms with Crippen LogP contribution < -0.4 is 5.19 Å². The van der Waals surface area contributed by atoms with Crippen molar-refractivity contribution in [2.24, 2.45) is 0 Å². The van der Waals surface area contributed by atoms with Crippen LogP contribution in [0.5, 0.6) is 0 Å². The van der Waals surface area contributed by atoms with Crippen molar-refractivity contribution >= 4 is 20.0 Å². The summed E-state index contributed by atoms with van der Waals surface area (Å²) in [6, 6.07) is 9.95. The van der Waals surface area contributed by atoms with Crippen molar-refractivity contribution in [2.45, 2.75) is 34.1 Å². The van der Waals surface area contributed by atoms with Gasteiger partial charge in [-0.2, -0.15) is 0 Å². The molecule has 141 valence electrons. The molecule has 0 heterocycles. The fourth-order valence-electron chi connectivity index (χ4n) is 1.88. The first kappa shape index (κ1) is 23.5. The summed E-state index contributed by atoms with van der Waals surface area (Å²) < 4.78 is 22.0. The van der Waals surface area contributed by atoms with Gasteiger partial charge in [0.15, 0.2) is 0 Å². The molecule has 1 aromatic carbocycles. The summed E-state index contributed by atoms with van der Waals surface area (Å²) in [6.07, 6.45) is 0.610. The van der Waals surface area contributed by atoms with E-state index in [1.54, 1.807) is 6.92 Å². The van der Waals surface area contributed by atoms with Crippen LogP contribution in [-0.4, -0.2) is 41.2 Å². The van der Waals surface area contributed by atoms with Gasteiger partial charge in [-0.15, -0.1) is 0 Å². The smallest absolute Gasteiger partial charge is 0.462 e. The molecular formula is C19H31O5Si. The molecule has 1 radical (unpaired) electrons. The summed E-state index contributed by atoms with van der Waals surface area (Å²) in [5, 5.41) is 1.03. The second-order valence-electron chi connectivity index (χ2n) is 4.99. The second kappa shape index (κ2) is 13.8. The monoisotopic (exact) mass is 367 g/mol. The van der Waals surface area contributed by atoms with Crippen molar-refractivity contribution in [3.63, 3.8) is 0 Å². The molecule has 0 aliphatic heterocycles. The van der Waals surface area contributed by atoms with E-state index in [1.165, 1.54) is 0 Å². The van der Waals surface area contributed by atoms with Crippen molar-refractivity contribution < 1.29 is 22.8 Å². The van der Waals surface area contributed by atoms with Crippen molar-refractivity contribution in [1.82, 2.24) is 0 Å². The molecule has 0 N–H and O–H groups in total. The third-order valence-electron chi connectivity index (χ3n) is 2.86. The lowest BCUT2D eigenvalue weighted by molar-refractivity contribution is -0.138. The van der Waals surface area contributed by atoms with E-state index in [0.717, 1.165) is 5.19 Å². The van der Waals surface area contributed by atoms with Crippen LogP contribution in [0, 0.1) is 6.92 Å². The van der Waals surface area contributed by atoms with E-state index in [2.05, 4.69) is 18.2 Å². The van der Waals surface area contributed by atoms with E-state index >= 15 is 0 Å². The Morgan fingerprint density at radius 2 is 1.48 bits per heavy atom. The molecule has 0 unspecified atom stereocenters. The van der Waals surface area contributed by atoms with Crippen molar-refractivity contribution in [2.75, 3.05) is 26.4 Å². The standard InChI is InChI=1S/C12H20O3Si.C7H11O2/c1-4-13-16(14-5-2,15-6-3)12-10-8-7-9-11-12;1-4-5-9-7(8)6(2)3/h7-11H,4-6H2,1-3H3;1-2,4-5H2,3H3. The minimum atomic E-state index is -2.67. The molecule has 0 fully saturated rings. The fourth-order valence-corrected chi connectivity index (χ4v) is 4.37. The van der Waals surface area contributed by atoms with E-state index in [4.69, 9.17) is 13.3 Å². The highest BCUT2D eigenvalue weighted by Crippen LogP contribution is 2.10. The molecule has 1 rings (SSSR count). The molecule has 0 aromatic heterocycles. The van der Waals surface area contributed by atoms with Gasteiger partial charge < -0.3 is 18.0 Å². The Bertz CT molecular complexity index is 473. The number of rotatable bonds is 10. The van der Waals surface area contributed by atoms with Gasteiger partial charge in [-0.1, -0.05) is 36.9 Å². The molecule has 0 aliphatic rings. The van der Waals surface area contributed by atoms with Crippen molar-refractivity contribution in [1.29, 1.82) is 0 Å². The first-order chi connectivity index (χ1) is 12.0. The Balaban J connectivity index is 0.000000547. The van der Waals surface area contributed by atoms with Gasteiger partial charge in [0.25, 0.3) is 0 Å². The van der Waals surface area contributed by atoms with E-state index in [1.807, 2.05) is 51.1 Å². The van der Waals surface area contributed by atoms with E-state index in [0.29, 0.717) is 38.4 Å². The summed E-state index contributed by atoms with van der Waals surface area (Å²) >= 11 is 0.